The Bertz CT molecular complexity index is 390. The highest BCUT2D eigenvalue weighted by Crippen LogP contribution is 2.23. The predicted octanol–water partition coefficient (Wildman–Crippen LogP) is 2.59. The molecule has 108 valence electrons. The maximum atomic E-state index is 10.1. The summed E-state index contributed by atoms with van der Waals surface area (Å²) in [5.74, 6) is 0. The van der Waals surface area contributed by atoms with Crippen molar-refractivity contribution in [3.05, 3.63) is 18.0 Å². The van der Waals surface area contributed by atoms with Gasteiger partial charge in [0, 0.05) is 24.8 Å². The lowest BCUT2D eigenvalue weighted by atomic mass is 9.91. The van der Waals surface area contributed by atoms with E-state index < -0.39 is 0 Å². The molecule has 0 amide bonds. The summed E-state index contributed by atoms with van der Waals surface area (Å²) in [7, 11) is 2.10. The van der Waals surface area contributed by atoms with Crippen molar-refractivity contribution in [1.29, 1.82) is 0 Å². The van der Waals surface area contributed by atoms with Gasteiger partial charge in [-0.05, 0) is 39.3 Å². The number of aromatic nitrogens is 2. The Labute approximate surface area is 116 Å². The molecule has 19 heavy (non-hydrogen) atoms. The third-order valence-corrected chi connectivity index (χ3v) is 4.38. The van der Waals surface area contributed by atoms with Crippen LogP contribution in [0, 0.1) is 0 Å². The Morgan fingerprint density at radius 3 is 2.89 bits per heavy atom. The molecule has 1 heterocycles. The summed E-state index contributed by atoms with van der Waals surface area (Å²) < 4.78 is 2.04. The van der Waals surface area contributed by atoms with Gasteiger partial charge < -0.3 is 5.11 Å². The first-order chi connectivity index (χ1) is 9.11. The van der Waals surface area contributed by atoms with Gasteiger partial charge in [0.15, 0.2) is 0 Å². The van der Waals surface area contributed by atoms with Crippen molar-refractivity contribution in [1.82, 2.24) is 14.7 Å². The van der Waals surface area contributed by atoms with Gasteiger partial charge in [-0.1, -0.05) is 19.8 Å². The molecule has 2 rings (SSSR count). The highest BCUT2D eigenvalue weighted by Gasteiger charge is 2.26. The number of hydrogen-bond donors (Lipinski definition) is 1. The van der Waals surface area contributed by atoms with Crippen LogP contribution in [0.1, 0.15) is 57.7 Å². The average Bonchev–Trinajstić information content (AvgIpc) is 2.86. The topological polar surface area (TPSA) is 41.3 Å². The molecule has 1 aliphatic rings. The fourth-order valence-corrected chi connectivity index (χ4v) is 2.87. The summed E-state index contributed by atoms with van der Waals surface area (Å²) >= 11 is 0. The lowest BCUT2D eigenvalue weighted by Crippen LogP contribution is -2.42. The van der Waals surface area contributed by atoms with E-state index >= 15 is 0 Å². The molecule has 0 bridgehead atoms. The van der Waals surface area contributed by atoms with Crippen LogP contribution in [0.25, 0.3) is 0 Å². The van der Waals surface area contributed by atoms with Gasteiger partial charge in [-0.15, -0.1) is 0 Å². The van der Waals surface area contributed by atoms with Crippen LogP contribution in [0.4, 0.5) is 0 Å². The van der Waals surface area contributed by atoms with E-state index in [-0.39, 0.29) is 6.10 Å². The fraction of sp³-hybridized carbons (Fsp3) is 0.800. The Morgan fingerprint density at radius 2 is 2.21 bits per heavy atom. The molecule has 3 atom stereocenters. The summed E-state index contributed by atoms with van der Waals surface area (Å²) in [6.07, 6.45) is 7.42. The van der Waals surface area contributed by atoms with Crippen molar-refractivity contribution in [3.8, 4) is 0 Å². The smallest absolute Gasteiger partial charge is 0.0764 e. The molecule has 0 spiro atoms. The Balaban J connectivity index is 1.94. The third-order valence-electron chi connectivity index (χ3n) is 4.38. The second-order valence-corrected chi connectivity index (χ2v) is 5.88. The first kappa shape index (κ1) is 14.5. The van der Waals surface area contributed by atoms with E-state index in [1.165, 1.54) is 6.42 Å². The first-order valence-electron chi connectivity index (χ1n) is 7.54. The summed E-state index contributed by atoms with van der Waals surface area (Å²) in [4.78, 5) is 2.26. The number of aliphatic hydroxyl groups excluding tert-OH is 1. The summed E-state index contributed by atoms with van der Waals surface area (Å²) in [6, 6.07) is 2.85. The Kier molecular flexibility index (Phi) is 4.99. The SMILES string of the molecule is CCC(C)n1ccc(CN(C)C2CCCCC2O)n1. The van der Waals surface area contributed by atoms with Gasteiger partial charge in [0.25, 0.3) is 0 Å². The fourth-order valence-electron chi connectivity index (χ4n) is 2.87. The molecule has 0 aliphatic heterocycles. The van der Waals surface area contributed by atoms with Gasteiger partial charge in [0.05, 0.1) is 11.8 Å². The van der Waals surface area contributed by atoms with E-state index in [9.17, 15) is 5.11 Å². The lowest BCUT2D eigenvalue weighted by Gasteiger charge is -2.34. The maximum Gasteiger partial charge on any atom is 0.0764 e. The highest BCUT2D eigenvalue weighted by molar-refractivity contribution is 5.00. The number of nitrogens with zero attached hydrogens (tertiary/aromatic N) is 3. The molecule has 1 N–H and O–H groups in total. The van der Waals surface area contributed by atoms with Crippen LogP contribution in [-0.4, -0.2) is 39.0 Å². The number of hydrogen-bond acceptors (Lipinski definition) is 3. The highest BCUT2D eigenvalue weighted by atomic mass is 16.3. The van der Waals surface area contributed by atoms with E-state index in [2.05, 4.69) is 43.2 Å². The monoisotopic (exact) mass is 265 g/mol. The summed E-state index contributed by atoms with van der Waals surface area (Å²) in [5, 5.41) is 14.7. The van der Waals surface area contributed by atoms with Crippen molar-refractivity contribution in [3.63, 3.8) is 0 Å². The molecule has 3 unspecified atom stereocenters. The second kappa shape index (κ2) is 6.53. The lowest BCUT2D eigenvalue weighted by molar-refractivity contribution is 0.0282. The van der Waals surface area contributed by atoms with Crippen molar-refractivity contribution < 1.29 is 5.11 Å². The molecule has 4 nitrogen and oxygen atoms in total. The molecule has 0 radical (unpaired) electrons. The van der Waals surface area contributed by atoms with Gasteiger partial charge >= 0.3 is 0 Å². The number of aliphatic hydroxyl groups is 1. The van der Waals surface area contributed by atoms with Crippen molar-refractivity contribution in [2.24, 2.45) is 0 Å². The molecule has 4 heteroatoms. The second-order valence-electron chi connectivity index (χ2n) is 5.88. The van der Waals surface area contributed by atoms with Crippen molar-refractivity contribution >= 4 is 0 Å². The molecule has 1 aromatic rings. The Hall–Kier alpha value is -0.870. The van der Waals surface area contributed by atoms with Crippen LogP contribution in [0.15, 0.2) is 12.3 Å². The maximum absolute atomic E-state index is 10.1. The molecular weight excluding hydrogens is 238 g/mol. The molecule has 0 aromatic carbocycles. The van der Waals surface area contributed by atoms with Gasteiger partial charge in [-0.3, -0.25) is 9.58 Å². The number of rotatable bonds is 5. The molecule has 1 fully saturated rings. The van der Waals surface area contributed by atoms with E-state index in [1.54, 1.807) is 0 Å². The molecule has 0 saturated heterocycles. The summed E-state index contributed by atoms with van der Waals surface area (Å²) in [6.45, 7) is 5.19. The van der Waals surface area contributed by atoms with E-state index in [4.69, 9.17) is 0 Å². The quantitative estimate of drug-likeness (QED) is 0.889. The minimum absolute atomic E-state index is 0.171. The van der Waals surface area contributed by atoms with Crippen LogP contribution in [0.3, 0.4) is 0 Å². The van der Waals surface area contributed by atoms with E-state index in [0.717, 1.165) is 37.9 Å². The zero-order valence-corrected chi connectivity index (χ0v) is 12.4. The van der Waals surface area contributed by atoms with Gasteiger partial charge in [0.2, 0.25) is 0 Å². The zero-order chi connectivity index (χ0) is 13.8. The van der Waals surface area contributed by atoms with Crippen LogP contribution >= 0.6 is 0 Å². The van der Waals surface area contributed by atoms with Gasteiger partial charge in [-0.2, -0.15) is 5.10 Å². The zero-order valence-electron chi connectivity index (χ0n) is 12.4. The molecular formula is C15H27N3O. The standard InChI is InChI=1S/C15H27N3O/c1-4-12(2)18-10-9-13(16-18)11-17(3)14-7-5-6-8-15(14)19/h9-10,12,14-15,19H,4-8,11H2,1-3H3. The van der Waals surface area contributed by atoms with Gasteiger partial charge in [0.1, 0.15) is 0 Å². The minimum atomic E-state index is -0.171. The third kappa shape index (κ3) is 3.57. The van der Waals surface area contributed by atoms with Crippen molar-refractivity contribution in [2.75, 3.05) is 7.05 Å². The van der Waals surface area contributed by atoms with Crippen LogP contribution in [-0.2, 0) is 6.54 Å². The largest absolute Gasteiger partial charge is 0.391 e. The Morgan fingerprint density at radius 1 is 1.47 bits per heavy atom. The molecule has 1 saturated carbocycles. The van der Waals surface area contributed by atoms with E-state index in [0.29, 0.717) is 12.1 Å². The molecule has 1 aliphatic carbocycles. The van der Waals surface area contributed by atoms with Gasteiger partial charge in [-0.25, -0.2) is 0 Å². The first-order valence-corrected chi connectivity index (χ1v) is 7.54. The molecule has 1 aromatic heterocycles. The predicted molar refractivity (Wildman–Crippen MR) is 77.0 cm³/mol. The van der Waals surface area contributed by atoms with Crippen LogP contribution in [0.2, 0.25) is 0 Å². The van der Waals surface area contributed by atoms with Crippen molar-refractivity contribution in [2.45, 2.75) is 70.7 Å². The van der Waals surface area contributed by atoms with Crippen LogP contribution in [0.5, 0.6) is 0 Å². The number of likely N-dealkylation sites (N-methyl/N-ethyl adjacent to an activating group) is 1. The van der Waals surface area contributed by atoms with E-state index in [1.807, 2.05) is 4.68 Å². The summed E-state index contributed by atoms with van der Waals surface area (Å²) in [5.41, 5.74) is 1.10. The minimum Gasteiger partial charge on any atom is -0.391 e. The van der Waals surface area contributed by atoms with Crippen LogP contribution < -0.4 is 0 Å². The normalized spacial score (nSPS) is 25.7. The average molecular weight is 265 g/mol.